The average Bonchev–Trinajstić information content (AvgIpc) is 2.04. The third-order valence-electron chi connectivity index (χ3n) is 3.06. The fraction of sp³-hybridized carbons (Fsp3) is 0.846. The van der Waals surface area contributed by atoms with E-state index in [2.05, 4.69) is 34.3 Å². The average molecular weight is 182 g/mol. The second-order valence-corrected chi connectivity index (χ2v) is 4.78. The number of hydrogen-bond acceptors (Lipinski definition) is 0. The number of hydrogen-bond donors (Lipinski definition) is 0. The molecule has 0 aliphatic carbocycles. The van der Waals surface area contributed by atoms with Gasteiger partial charge in [0.15, 0.2) is 0 Å². The topological polar surface area (TPSA) is 0 Å². The molecular formula is C13H26. The molecule has 0 saturated heterocycles. The Morgan fingerprint density at radius 3 is 2.15 bits per heavy atom. The van der Waals surface area contributed by atoms with Crippen molar-refractivity contribution in [1.29, 1.82) is 0 Å². The van der Waals surface area contributed by atoms with Crippen molar-refractivity contribution in [2.45, 2.75) is 53.4 Å². The first kappa shape index (κ1) is 12.7. The lowest BCUT2D eigenvalue weighted by Crippen LogP contribution is -2.04. The van der Waals surface area contributed by atoms with Crippen LogP contribution in [0.5, 0.6) is 0 Å². The highest BCUT2D eigenvalue weighted by atomic mass is 14.1. The van der Waals surface area contributed by atoms with Crippen LogP contribution in [0, 0.1) is 17.8 Å². The Hall–Kier alpha value is -0.260. The Bertz CT molecular complexity index is 124. The zero-order valence-corrected chi connectivity index (χ0v) is 9.84. The van der Waals surface area contributed by atoms with Crippen molar-refractivity contribution in [3.63, 3.8) is 0 Å². The van der Waals surface area contributed by atoms with Gasteiger partial charge in [-0.1, -0.05) is 53.0 Å². The van der Waals surface area contributed by atoms with Crippen molar-refractivity contribution in [2.24, 2.45) is 17.8 Å². The predicted molar refractivity (Wildman–Crippen MR) is 61.8 cm³/mol. The maximum atomic E-state index is 3.77. The molecule has 0 heteroatoms. The Morgan fingerprint density at radius 2 is 1.69 bits per heavy atom. The molecule has 0 N–H and O–H groups in total. The molecule has 0 aliphatic rings. The maximum absolute atomic E-state index is 3.77. The van der Waals surface area contributed by atoms with Gasteiger partial charge in [-0.15, -0.1) is 6.58 Å². The van der Waals surface area contributed by atoms with Gasteiger partial charge in [0.25, 0.3) is 0 Å². The lowest BCUT2D eigenvalue weighted by molar-refractivity contribution is 0.362. The summed E-state index contributed by atoms with van der Waals surface area (Å²) in [6.07, 6.45) is 7.35. The molecule has 2 atom stereocenters. The Morgan fingerprint density at radius 1 is 1.08 bits per heavy atom. The van der Waals surface area contributed by atoms with Crippen LogP contribution in [0.25, 0.3) is 0 Å². The molecule has 0 aromatic rings. The Kier molecular flexibility index (Phi) is 7.03. The Labute approximate surface area is 84.4 Å². The maximum Gasteiger partial charge on any atom is -0.0328 e. The van der Waals surface area contributed by atoms with E-state index in [9.17, 15) is 0 Å². The fourth-order valence-corrected chi connectivity index (χ4v) is 1.52. The van der Waals surface area contributed by atoms with Crippen LogP contribution in [0.4, 0.5) is 0 Å². The van der Waals surface area contributed by atoms with Gasteiger partial charge < -0.3 is 0 Å². The summed E-state index contributed by atoms with van der Waals surface area (Å²) in [5, 5.41) is 0. The summed E-state index contributed by atoms with van der Waals surface area (Å²) in [6, 6.07) is 0. The van der Waals surface area contributed by atoms with Gasteiger partial charge in [0.1, 0.15) is 0 Å². The van der Waals surface area contributed by atoms with Gasteiger partial charge in [0.05, 0.1) is 0 Å². The zero-order valence-electron chi connectivity index (χ0n) is 9.84. The summed E-state index contributed by atoms with van der Waals surface area (Å²) in [6.45, 7) is 13.1. The number of rotatable bonds is 7. The van der Waals surface area contributed by atoms with E-state index in [0.717, 1.165) is 17.8 Å². The summed E-state index contributed by atoms with van der Waals surface area (Å²) >= 11 is 0. The molecule has 0 heterocycles. The first-order valence-corrected chi connectivity index (χ1v) is 5.68. The van der Waals surface area contributed by atoms with E-state index in [1.54, 1.807) is 0 Å². The van der Waals surface area contributed by atoms with Gasteiger partial charge in [-0.3, -0.25) is 0 Å². The van der Waals surface area contributed by atoms with Gasteiger partial charge >= 0.3 is 0 Å². The largest absolute Gasteiger partial charge is 0.103 e. The van der Waals surface area contributed by atoms with Crippen molar-refractivity contribution >= 4 is 0 Å². The van der Waals surface area contributed by atoms with Gasteiger partial charge in [0, 0.05) is 0 Å². The highest BCUT2D eigenvalue weighted by Crippen LogP contribution is 2.20. The molecule has 0 aromatic heterocycles. The standard InChI is InChI=1S/C13H26/c1-6-8-12(4)9-7-10-13(5)11(2)3/h6,11-13H,1,7-10H2,2-5H3. The van der Waals surface area contributed by atoms with E-state index in [1.807, 2.05) is 6.08 Å². The first-order valence-electron chi connectivity index (χ1n) is 5.68. The quantitative estimate of drug-likeness (QED) is 0.502. The van der Waals surface area contributed by atoms with Gasteiger partial charge in [0.2, 0.25) is 0 Å². The van der Waals surface area contributed by atoms with Gasteiger partial charge in [-0.2, -0.15) is 0 Å². The van der Waals surface area contributed by atoms with Crippen molar-refractivity contribution in [1.82, 2.24) is 0 Å². The molecule has 0 aromatic carbocycles. The summed E-state index contributed by atoms with van der Waals surface area (Å²) in [5.74, 6) is 2.56. The third-order valence-corrected chi connectivity index (χ3v) is 3.06. The van der Waals surface area contributed by atoms with E-state index in [1.165, 1.54) is 25.7 Å². The van der Waals surface area contributed by atoms with Gasteiger partial charge in [-0.05, 0) is 24.2 Å². The first-order chi connectivity index (χ1) is 6.07. The van der Waals surface area contributed by atoms with Crippen LogP contribution < -0.4 is 0 Å². The molecule has 0 nitrogen and oxygen atoms in total. The van der Waals surface area contributed by atoms with E-state index in [0.29, 0.717) is 0 Å². The second kappa shape index (κ2) is 7.17. The van der Waals surface area contributed by atoms with Crippen LogP contribution in [0.2, 0.25) is 0 Å². The van der Waals surface area contributed by atoms with Crippen molar-refractivity contribution in [3.05, 3.63) is 12.7 Å². The van der Waals surface area contributed by atoms with E-state index in [-0.39, 0.29) is 0 Å². The molecule has 0 saturated carbocycles. The van der Waals surface area contributed by atoms with E-state index in [4.69, 9.17) is 0 Å². The van der Waals surface area contributed by atoms with E-state index >= 15 is 0 Å². The minimum absolute atomic E-state index is 0.830. The summed E-state index contributed by atoms with van der Waals surface area (Å²) in [7, 11) is 0. The molecule has 0 fully saturated rings. The van der Waals surface area contributed by atoms with Crippen molar-refractivity contribution in [3.8, 4) is 0 Å². The molecule has 0 bridgehead atoms. The predicted octanol–water partition coefficient (Wildman–Crippen LogP) is 4.66. The molecular weight excluding hydrogens is 156 g/mol. The molecule has 0 aliphatic heterocycles. The summed E-state index contributed by atoms with van der Waals surface area (Å²) in [5.41, 5.74) is 0. The number of allylic oxidation sites excluding steroid dienone is 1. The molecule has 0 rings (SSSR count). The van der Waals surface area contributed by atoms with E-state index < -0.39 is 0 Å². The van der Waals surface area contributed by atoms with Crippen LogP contribution in [-0.4, -0.2) is 0 Å². The van der Waals surface area contributed by atoms with Gasteiger partial charge in [-0.25, -0.2) is 0 Å². The normalized spacial score (nSPS) is 15.8. The Balaban J connectivity index is 3.38. The lowest BCUT2D eigenvalue weighted by Gasteiger charge is -2.16. The smallest absolute Gasteiger partial charge is 0.0328 e. The minimum Gasteiger partial charge on any atom is -0.103 e. The SMILES string of the molecule is C=CCC(C)CCCC(C)C(C)C. The van der Waals surface area contributed by atoms with Crippen LogP contribution in [0.3, 0.4) is 0 Å². The fourth-order valence-electron chi connectivity index (χ4n) is 1.52. The highest BCUT2D eigenvalue weighted by Gasteiger charge is 2.07. The van der Waals surface area contributed by atoms with Crippen molar-refractivity contribution < 1.29 is 0 Å². The zero-order chi connectivity index (χ0) is 10.3. The summed E-state index contributed by atoms with van der Waals surface area (Å²) < 4.78 is 0. The summed E-state index contributed by atoms with van der Waals surface area (Å²) in [4.78, 5) is 0. The molecule has 78 valence electrons. The molecule has 0 spiro atoms. The molecule has 0 amide bonds. The molecule has 0 radical (unpaired) electrons. The van der Waals surface area contributed by atoms with Crippen LogP contribution in [-0.2, 0) is 0 Å². The third kappa shape index (κ3) is 6.86. The molecule has 2 unspecified atom stereocenters. The minimum atomic E-state index is 0.830. The second-order valence-electron chi connectivity index (χ2n) is 4.78. The molecule has 13 heavy (non-hydrogen) atoms. The van der Waals surface area contributed by atoms with Crippen molar-refractivity contribution in [2.75, 3.05) is 0 Å². The lowest BCUT2D eigenvalue weighted by atomic mass is 9.90. The monoisotopic (exact) mass is 182 g/mol. The van der Waals surface area contributed by atoms with Crippen LogP contribution in [0.1, 0.15) is 53.4 Å². The highest BCUT2D eigenvalue weighted by molar-refractivity contribution is 4.70. The van der Waals surface area contributed by atoms with Crippen LogP contribution >= 0.6 is 0 Å². The van der Waals surface area contributed by atoms with Crippen LogP contribution in [0.15, 0.2) is 12.7 Å².